The molecule has 0 aliphatic carbocycles. The minimum atomic E-state index is 0.553. The van der Waals surface area contributed by atoms with Gasteiger partial charge >= 0.3 is 0 Å². The number of halogens is 1. The summed E-state index contributed by atoms with van der Waals surface area (Å²) in [4.78, 5) is 8.21. The van der Waals surface area contributed by atoms with E-state index in [1.165, 1.54) is 6.33 Å². The second kappa shape index (κ2) is 6.97. The fraction of sp³-hybridized carbons (Fsp3) is 0.636. The molecule has 0 amide bonds. The summed E-state index contributed by atoms with van der Waals surface area (Å²) in [7, 11) is 0. The van der Waals surface area contributed by atoms with Gasteiger partial charge in [0.15, 0.2) is 0 Å². The van der Waals surface area contributed by atoms with E-state index in [2.05, 4.69) is 35.4 Å². The summed E-state index contributed by atoms with van der Waals surface area (Å²) in [5, 5.41) is 3.89. The molecule has 1 atom stereocenters. The lowest BCUT2D eigenvalue weighted by Gasteiger charge is -2.14. The van der Waals surface area contributed by atoms with Gasteiger partial charge < -0.3 is 5.32 Å². The lowest BCUT2D eigenvalue weighted by molar-refractivity contribution is 0.698. The number of anilines is 1. The molecule has 5 heteroatoms. The summed E-state index contributed by atoms with van der Waals surface area (Å²) in [5.74, 6) is 2.64. The van der Waals surface area contributed by atoms with Gasteiger partial charge in [-0.1, -0.05) is 25.4 Å². The molecule has 0 radical (unpaired) electrons. The van der Waals surface area contributed by atoms with Crippen LogP contribution < -0.4 is 5.32 Å². The van der Waals surface area contributed by atoms with Crippen LogP contribution in [0, 0.1) is 5.92 Å². The molecule has 1 unspecified atom stereocenters. The van der Waals surface area contributed by atoms with Crippen LogP contribution in [0.5, 0.6) is 0 Å². The highest BCUT2D eigenvalue weighted by molar-refractivity contribution is 7.98. The Labute approximate surface area is 106 Å². The molecule has 1 aromatic rings. The predicted octanol–water partition coefficient (Wildman–Crippen LogP) is 3.10. The van der Waals surface area contributed by atoms with Crippen LogP contribution in [0.2, 0.25) is 5.15 Å². The van der Waals surface area contributed by atoms with Gasteiger partial charge in [-0.15, -0.1) is 0 Å². The van der Waals surface area contributed by atoms with Gasteiger partial charge in [0, 0.05) is 12.1 Å². The third-order valence-electron chi connectivity index (χ3n) is 2.32. The van der Waals surface area contributed by atoms with E-state index in [1.807, 2.05) is 11.8 Å². The number of nitrogens with one attached hydrogen (secondary N) is 1. The average Bonchev–Trinajstić information content (AvgIpc) is 2.27. The molecule has 0 saturated carbocycles. The Kier molecular flexibility index (Phi) is 5.91. The highest BCUT2D eigenvalue weighted by atomic mass is 35.5. The summed E-state index contributed by atoms with van der Waals surface area (Å²) in [6.07, 6.45) is 4.47. The van der Waals surface area contributed by atoms with E-state index in [4.69, 9.17) is 11.6 Å². The van der Waals surface area contributed by atoms with Gasteiger partial charge in [0.1, 0.15) is 17.3 Å². The summed E-state index contributed by atoms with van der Waals surface area (Å²) < 4.78 is 0. The van der Waals surface area contributed by atoms with Gasteiger partial charge in [0.2, 0.25) is 0 Å². The Morgan fingerprint density at radius 2 is 2.25 bits per heavy atom. The second-order valence-corrected chi connectivity index (χ2v) is 5.06. The van der Waals surface area contributed by atoms with Gasteiger partial charge in [-0.05, 0) is 24.3 Å². The van der Waals surface area contributed by atoms with Gasteiger partial charge in [0.05, 0.1) is 0 Å². The Morgan fingerprint density at radius 3 is 2.88 bits per heavy atom. The van der Waals surface area contributed by atoms with Crippen molar-refractivity contribution in [2.45, 2.75) is 20.3 Å². The first kappa shape index (κ1) is 13.6. The first-order chi connectivity index (χ1) is 7.69. The van der Waals surface area contributed by atoms with E-state index >= 15 is 0 Å². The molecule has 3 nitrogen and oxygen atoms in total. The van der Waals surface area contributed by atoms with Crippen molar-refractivity contribution in [3.8, 4) is 0 Å². The molecule has 0 fully saturated rings. The molecule has 0 spiro atoms. The lowest BCUT2D eigenvalue weighted by atomic mass is 10.2. The van der Waals surface area contributed by atoms with Crippen molar-refractivity contribution >= 4 is 29.2 Å². The Morgan fingerprint density at radius 1 is 1.50 bits per heavy atom. The maximum Gasteiger partial charge on any atom is 0.137 e. The predicted molar refractivity (Wildman–Crippen MR) is 72.5 cm³/mol. The Bertz CT molecular complexity index is 333. The smallest absolute Gasteiger partial charge is 0.137 e. The molecule has 0 aromatic carbocycles. The van der Waals surface area contributed by atoms with Crippen molar-refractivity contribution in [1.82, 2.24) is 9.97 Å². The molecule has 1 aromatic heterocycles. The minimum absolute atomic E-state index is 0.553. The van der Waals surface area contributed by atoms with Crippen LogP contribution in [-0.2, 0) is 6.42 Å². The molecular formula is C11H18ClN3S. The molecule has 1 heterocycles. The molecule has 0 bridgehead atoms. The first-order valence-corrected chi connectivity index (χ1v) is 7.18. The topological polar surface area (TPSA) is 37.8 Å². The summed E-state index contributed by atoms with van der Waals surface area (Å²) >= 11 is 7.87. The molecule has 16 heavy (non-hydrogen) atoms. The van der Waals surface area contributed by atoms with Crippen LogP contribution >= 0.6 is 23.4 Å². The van der Waals surface area contributed by atoms with Crippen molar-refractivity contribution in [3.05, 3.63) is 17.0 Å². The van der Waals surface area contributed by atoms with Crippen LogP contribution in [0.15, 0.2) is 6.33 Å². The van der Waals surface area contributed by atoms with E-state index in [0.717, 1.165) is 30.1 Å². The molecular weight excluding hydrogens is 242 g/mol. The van der Waals surface area contributed by atoms with Crippen molar-refractivity contribution in [1.29, 1.82) is 0 Å². The highest BCUT2D eigenvalue weighted by Gasteiger charge is 2.08. The van der Waals surface area contributed by atoms with Crippen LogP contribution in [0.25, 0.3) is 0 Å². The lowest BCUT2D eigenvalue weighted by Crippen LogP contribution is -2.15. The minimum Gasteiger partial charge on any atom is -0.369 e. The zero-order valence-electron chi connectivity index (χ0n) is 9.96. The van der Waals surface area contributed by atoms with Gasteiger partial charge in [0.25, 0.3) is 0 Å². The monoisotopic (exact) mass is 259 g/mol. The second-order valence-electron chi connectivity index (χ2n) is 3.79. The number of hydrogen-bond acceptors (Lipinski definition) is 4. The normalized spacial score (nSPS) is 12.5. The standard InChI is InChI=1S/C11H18ClN3S/c1-4-9-10(12)14-7-15-11(9)13-5-8(2)6-16-3/h7-8H,4-6H2,1-3H3,(H,13,14,15). The van der Waals surface area contributed by atoms with Crippen molar-refractivity contribution < 1.29 is 0 Å². The zero-order chi connectivity index (χ0) is 12.0. The highest BCUT2D eigenvalue weighted by Crippen LogP contribution is 2.20. The summed E-state index contributed by atoms with van der Waals surface area (Å²) in [6, 6.07) is 0. The van der Waals surface area contributed by atoms with Crippen molar-refractivity contribution in [2.24, 2.45) is 5.92 Å². The number of thioether (sulfide) groups is 1. The van der Waals surface area contributed by atoms with Gasteiger partial charge in [-0.2, -0.15) is 11.8 Å². The maximum absolute atomic E-state index is 6.01. The molecule has 1 N–H and O–H groups in total. The van der Waals surface area contributed by atoms with Crippen LogP contribution in [0.1, 0.15) is 19.4 Å². The van der Waals surface area contributed by atoms with E-state index in [1.54, 1.807) is 0 Å². The average molecular weight is 260 g/mol. The molecule has 0 aliphatic rings. The van der Waals surface area contributed by atoms with E-state index in [0.29, 0.717) is 11.1 Å². The van der Waals surface area contributed by atoms with Crippen LogP contribution in [-0.4, -0.2) is 28.5 Å². The largest absolute Gasteiger partial charge is 0.369 e. The zero-order valence-corrected chi connectivity index (χ0v) is 11.5. The Hall–Kier alpha value is -0.480. The quantitative estimate of drug-likeness (QED) is 0.797. The number of hydrogen-bond donors (Lipinski definition) is 1. The molecule has 0 saturated heterocycles. The number of nitrogens with zero attached hydrogens (tertiary/aromatic N) is 2. The van der Waals surface area contributed by atoms with Gasteiger partial charge in [-0.25, -0.2) is 9.97 Å². The van der Waals surface area contributed by atoms with E-state index in [-0.39, 0.29) is 0 Å². The molecule has 1 rings (SSSR count). The van der Waals surface area contributed by atoms with Crippen LogP contribution in [0.4, 0.5) is 5.82 Å². The third kappa shape index (κ3) is 3.83. The van der Waals surface area contributed by atoms with E-state index < -0.39 is 0 Å². The van der Waals surface area contributed by atoms with Crippen molar-refractivity contribution in [3.63, 3.8) is 0 Å². The number of rotatable bonds is 6. The first-order valence-electron chi connectivity index (χ1n) is 5.41. The fourth-order valence-corrected chi connectivity index (χ4v) is 2.42. The van der Waals surface area contributed by atoms with Crippen LogP contribution in [0.3, 0.4) is 0 Å². The summed E-state index contributed by atoms with van der Waals surface area (Å²) in [5.41, 5.74) is 1.00. The third-order valence-corrected chi connectivity index (χ3v) is 3.54. The van der Waals surface area contributed by atoms with E-state index in [9.17, 15) is 0 Å². The SMILES string of the molecule is CCc1c(Cl)ncnc1NCC(C)CSC. The van der Waals surface area contributed by atoms with Crippen molar-refractivity contribution in [2.75, 3.05) is 23.9 Å². The maximum atomic E-state index is 6.01. The Balaban J connectivity index is 2.63. The number of aromatic nitrogens is 2. The molecule has 0 aliphatic heterocycles. The molecule has 90 valence electrons. The fourth-order valence-electron chi connectivity index (χ4n) is 1.47. The van der Waals surface area contributed by atoms with Gasteiger partial charge in [-0.3, -0.25) is 0 Å². The summed E-state index contributed by atoms with van der Waals surface area (Å²) in [6.45, 7) is 5.19.